The summed E-state index contributed by atoms with van der Waals surface area (Å²) in [5, 5.41) is 0. The van der Waals surface area contributed by atoms with Gasteiger partial charge < -0.3 is 0 Å². The first kappa shape index (κ1) is 13.6. The van der Waals surface area contributed by atoms with Crippen LogP contribution in [0.5, 0.6) is 0 Å². The Morgan fingerprint density at radius 2 is 1.11 bits per heavy atom. The highest BCUT2D eigenvalue weighted by atomic mass is 14.2. The van der Waals surface area contributed by atoms with Crippen molar-refractivity contribution in [3.8, 4) is 0 Å². The maximum atomic E-state index is 2.24. The molecule has 0 nitrogen and oxygen atoms in total. The quantitative estimate of drug-likeness (QED) is 0.621. The summed E-state index contributed by atoms with van der Waals surface area (Å²) < 4.78 is 0. The molecule has 0 aromatic heterocycles. The lowest BCUT2D eigenvalue weighted by atomic mass is 9.87. The minimum Gasteiger partial charge on any atom is -0.0587 e. The van der Waals surface area contributed by atoms with Gasteiger partial charge in [-0.25, -0.2) is 0 Å². The van der Waals surface area contributed by atoms with E-state index < -0.39 is 0 Å². The summed E-state index contributed by atoms with van der Waals surface area (Å²) in [4.78, 5) is 0. The van der Waals surface area contributed by atoms with Gasteiger partial charge in [-0.15, -0.1) is 0 Å². The summed E-state index contributed by atoms with van der Waals surface area (Å²) in [6.45, 7) is 8.83. The highest BCUT2D eigenvalue weighted by molar-refractivity contribution is 5.69. The van der Waals surface area contributed by atoms with Crippen LogP contribution in [-0.4, -0.2) is 0 Å². The predicted molar refractivity (Wildman–Crippen MR) is 85.2 cm³/mol. The minimum atomic E-state index is 0.221. The van der Waals surface area contributed by atoms with Crippen molar-refractivity contribution >= 4 is 12.2 Å². The maximum absolute atomic E-state index is 2.24. The third-order valence-electron chi connectivity index (χ3n) is 3.32. The zero-order chi connectivity index (χ0) is 13.9. The Kier molecular flexibility index (Phi) is 3.90. The van der Waals surface area contributed by atoms with E-state index >= 15 is 0 Å². The summed E-state index contributed by atoms with van der Waals surface area (Å²) in [5.74, 6) is 0. The molecule has 2 aromatic rings. The summed E-state index contributed by atoms with van der Waals surface area (Å²) in [6, 6.07) is 17.4. The second kappa shape index (κ2) is 5.44. The van der Waals surface area contributed by atoms with Crippen molar-refractivity contribution in [2.24, 2.45) is 0 Å². The van der Waals surface area contributed by atoms with Crippen molar-refractivity contribution in [2.45, 2.75) is 33.1 Å². The molecule has 0 spiro atoms. The van der Waals surface area contributed by atoms with E-state index in [4.69, 9.17) is 0 Å². The van der Waals surface area contributed by atoms with E-state index in [-0.39, 0.29) is 5.41 Å². The molecule has 0 heterocycles. The lowest BCUT2D eigenvalue weighted by Gasteiger charge is -2.18. The SMILES string of the molecule is Cc1ccc(/C=C/c2ccc(C(C)(C)C)cc2)cc1. The minimum absolute atomic E-state index is 0.221. The van der Waals surface area contributed by atoms with E-state index in [0.29, 0.717) is 0 Å². The maximum Gasteiger partial charge on any atom is -0.0132 e. The summed E-state index contributed by atoms with van der Waals surface area (Å²) >= 11 is 0. The van der Waals surface area contributed by atoms with Gasteiger partial charge in [-0.1, -0.05) is 87.0 Å². The van der Waals surface area contributed by atoms with Gasteiger partial charge in [0.2, 0.25) is 0 Å². The average Bonchev–Trinajstić information content (AvgIpc) is 2.37. The average molecular weight is 250 g/mol. The van der Waals surface area contributed by atoms with Crippen LogP contribution >= 0.6 is 0 Å². The monoisotopic (exact) mass is 250 g/mol. The molecule has 0 heteroatoms. The number of benzene rings is 2. The van der Waals surface area contributed by atoms with Crippen LogP contribution in [0.3, 0.4) is 0 Å². The fourth-order valence-corrected chi connectivity index (χ4v) is 1.96. The molecular weight excluding hydrogens is 228 g/mol. The Labute approximate surface area is 116 Å². The number of aryl methyl sites for hydroxylation is 1. The van der Waals surface area contributed by atoms with Crippen molar-refractivity contribution in [1.29, 1.82) is 0 Å². The molecule has 0 aliphatic rings. The van der Waals surface area contributed by atoms with Crippen LogP contribution in [0, 0.1) is 6.92 Å². The van der Waals surface area contributed by atoms with Crippen molar-refractivity contribution < 1.29 is 0 Å². The zero-order valence-electron chi connectivity index (χ0n) is 12.3. The van der Waals surface area contributed by atoms with Gasteiger partial charge in [0.25, 0.3) is 0 Å². The molecule has 0 amide bonds. The Morgan fingerprint density at radius 1 is 0.684 bits per heavy atom. The van der Waals surface area contributed by atoms with Gasteiger partial charge in [-0.2, -0.15) is 0 Å². The lowest BCUT2D eigenvalue weighted by Crippen LogP contribution is -2.10. The van der Waals surface area contributed by atoms with Crippen LogP contribution in [0.1, 0.15) is 43.0 Å². The Morgan fingerprint density at radius 3 is 1.53 bits per heavy atom. The van der Waals surface area contributed by atoms with E-state index in [1.807, 2.05) is 0 Å². The Bertz CT molecular complexity index is 548. The highest BCUT2D eigenvalue weighted by Gasteiger charge is 2.12. The highest BCUT2D eigenvalue weighted by Crippen LogP contribution is 2.22. The Hall–Kier alpha value is -1.82. The van der Waals surface area contributed by atoms with Gasteiger partial charge in [0.05, 0.1) is 0 Å². The molecule has 0 saturated heterocycles. The fraction of sp³-hybridized carbons (Fsp3) is 0.263. The van der Waals surface area contributed by atoms with Crippen LogP contribution in [-0.2, 0) is 5.41 Å². The normalized spacial score (nSPS) is 12.0. The molecule has 0 N–H and O–H groups in total. The summed E-state index contributed by atoms with van der Waals surface area (Å²) in [5.41, 5.74) is 5.38. The largest absolute Gasteiger partial charge is 0.0587 e. The van der Waals surface area contributed by atoms with Crippen molar-refractivity contribution in [1.82, 2.24) is 0 Å². The first-order valence-electron chi connectivity index (χ1n) is 6.80. The molecule has 2 rings (SSSR count). The Balaban J connectivity index is 2.13. The third kappa shape index (κ3) is 3.82. The topological polar surface area (TPSA) is 0 Å². The molecule has 0 bridgehead atoms. The molecular formula is C19H22. The zero-order valence-corrected chi connectivity index (χ0v) is 12.3. The van der Waals surface area contributed by atoms with Gasteiger partial charge in [-0.05, 0) is 29.0 Å². The lowest BCUT2D eigenvalue weighted by molar-refractivity contribution is 0.590. The number of hydrogen-bond donors (Lipinski definition) is 0. The van der Waals surface area contributed by atoms with Crippen LogP contribution in [0.4, 0.5) is 0 Å². The van der Waals surface area contributed by atoms with Crippen molar-refractivity contribution in [3.05, 3.63) is 70.8 Å². The van der Waals surface area contributed by atoms with Gasteiger partial charge in [0.1, 0.15) is 0 Å². The third-order valence-corrected chi connectivity index (χ3v) is 3.32. The smallest absolute Gasteiger partial charge is 0.0132 e. The molecule has 0 fully saturated rings. The molecule has 0 aliphatic carbocycles. The van der Waals surface area contributed by atoms with Gasteiger partial charge in [0.15, 0.2) is 0 Å². The molecule has 0 saturated carbocycles. The van der Waals surface area contributed by atoms with Crippen molar-refractivity contribution in [2.75, 3.05) is 0 Å². The second-order valence-corrected chi connectivity index (χ2v) is 6.12. The van der Waals surface area contributed by atoms with E-state index in [0.717, 1.165) is 0 Å². The molecule has 0 radical (unpaired) electrons. The van der Waals surface area contributed by atoms with Gasteiger partial charge in [-0.3, -0.25) is 0 Å². The standard InChI is InChI=1S/C19H22/c1-15-5-7-16(8-6-15)9-10-17-11-13-18(14-12-17)19(2,3)4/h5-14H,1-4H3/b10-9+. The number of hydrogen-bond acceptors (Lipinski definition) is 0. The van der Waals surface area contributed by atoms with Gasteiger partial charge in [0, 0.05) is 0 Å². The molecule has 98 valence electrons. The van der Waals surface area contributed by atoms with Crippen LogP contribution < -0.4 is 0 Å². The van der Waals surface area contributed by atoms with Crippen LogP contribution in [0.15, 0.2) is 48.5 Å². The predicted octanol–water partition coefficient (Wildman–Crippen LogP) is 5.46. The molecule has 0 aliphatic heterocycles. The molecule has 0 unspecified atom stereocenters. The number of rotatable bonds is 2. The van der Waals surface area contributed by atoms with Gasteiger partial charge >= 0.3 is 0 Å². The first-order valence-corrected chi connectivity index (χ1v) is 6.80. The van der Waals surface area contributed by atoms with Crippen LogP contribution in [0.2, 0.25) is 0 Å². The molecule has 0 atom stereocenters. The van der Waals surface area contributed by atoms with Crippen LogP contribution in [0.25, 0.3) is 12.2 Å². The summed E-state index contributed by atoms with van der Waals surface area (Å²) in [6.07, 6.45) is 4.32. The van der Waals surface area contributed by atoms with E-state index in [9.17, 15) is 0 Å². The molecule has 2 aromatic carbocycles. The first-order chi connectivity index (χ1) is 8.95. The molecule has 19 heavy (non-hydrogen) atoms. The van der Waals surface area contributed by atoms with E-state index in [1.54, 1.807) is 0 Å². The van der Waals surface area contributed by atoms with Crippen molar-refractivity contribution in [3.63, 3.8) is 0 Å². The fourth-order valence-electron chi connectivity index (χ4n) is 1.96. The second-order valence-electron chi connectivity index (χ2n) is 6.12. The summed E-state index contributed by atoms with van der Waals surface area (Å²) in [7, 11) is 0. The van der Waals surface area contributed by atoms with E-state index in [2.05, 4.69) is 88.4 Å². The van der Waals surface area contributed by atoms with E-state index in [1.165, 1.54) is 22.3 Å².